The average molecular weight is 231 g/mol. The lowest BCUT2D eigenvalue weighted by atomic mass is 9.89. The molecule has 0 saturated heterocycles. The molecule has 1 aromatic rings. The number of carbonyl (C=O) groups is 1. The summed E-state index contributed by atoms with van der Waals surface area (Å²) in [5.41, 5.74) is 7.62. The molecular weight excluding hydrogens is 214 g/mol. The third-order valence-electron chi connectivity index (χ3n) is 2.67. The minimum Gasteiger partial charge on any atom is -0.282 e. The fraction of sp³-hybridized carbons (Fsp3) is 0.385. The number of amides is 1. The third-order valence-corrected chi connectivity index (χ3v) is 2.67. The molecule has 0 aromatic heterocycles. The topological polar surface area (TPSA) is 53.5 Å². The van der Waals surface area contributed by atoms with E-state index in [9.17, 15) is 4.79 Å². The van der Waals surface area contributed by atoms with Crippen LogP contribution in [0, 0.1) is 0 Å². The van der Waals surface area contributed by atoms with Crippen LogP contribution in [-0.4, -0.2) is 17.3 Å². The standard InChI is InChI=1S/C13H17N3O/c1-9(17)15-16-12-11-7-5-4-6-10(11)8-13(2,3)14-12/h4-7H,8H2,1-3H3,(H,14,16)(H,15,17). The summed E-state index contributed by atoms with van der Waals surface area (Å²) in [6, 6.07) is 8.11. The van der Waals surface area contributed by atoms with Crippen LogP contribution in [0.5, 0.6) is 0 Å². The first kappa shape index (κ1) is 11.6. The molecule has 0 fully saturated rings. The van der Waals surface area contributed by atoms with E-state index in [1.807, 2.05) is 18.2 Å². The quantitative estimate of drug-likeness (QED) is 0.663. The van der Waals surface area contributed by atoms with Crippen molar-refractivity contribution in [3.63, 3.8) is 0 Å². The predicted octanol–water partition coefficient (Wildman–Crippen LogP) is 1.41. The number of hydrogen-bond donors (Lipinski definition) is 2. The van der Waals surface area contributed by atoms with Crippen LogP contribution >= 0.6 is 0 Å². The van der Waals surface area contributed by atoms with Crippen molar-refractivity contribution in [1.29, 1.82) is 0 Å². The molecule has 17 heavy (non-hydrogen) atoms. The highest BCUT2D eigenvalue weighted by Crippen LogP contribution is 2.25. The smallest absolute Gasteiger partial charge is 0.235 e. The molecule has 4 nitrogen and oxygen atoms in total. The highest BCUT2D eigenvalue weighted by atomic mass is 16.2. The Kier molecular flexibility index (Phi) is 2.88. The number of nitrogens with zero attached hydrogens (tertiary/aromatic N) is 1. The molecule has 0 atom stereocenters. The van der Waals surface area contributed by atoms with Gasteiger partial charge in [-0.25, -0.2) is 0 Å². The van der Waals surface area contributed by atoms with Gasteiger partial charge in [0.25, 0.3) is 0 Å². The molecule has 1 heterocycles. The minimum atomic E-state index is -0.144. The van der Waals surface area contributed by atoms with E-state index in [1.165, 1.54) is 12.5 Å². The number of aliphatic imine (C=N–C) groups is 1. The van der Waals surface area contributed by atoms with Crippen LogP contribution in [0.4, 0.5) is 0 Å². The van der Waals surface area contributed by atoms with E-state index in [-0.39, 0.29) is 11.4 Å². The zero-order valence-electron chi connectivity index (χ0n) is 10.4. The van der Waals surface area contributed by atoms with Gasteiger partial charge in [0.05, 0.1) is 5.54 Å². The fourth-order valence-electron chi connectivity index (χ4n) is 2.02. The van der Waals surface area contributed by atoms with E-state index in [1.54, 1.807) is 0 Å². The van der Waals surface area contributed by atoms with E-state index in [0.717, 1.165) is 17.8 Å². The summed E-state index contributed by atoms with van der Waals surface area (Å²) in [4.78, 5) is 15.5. The van der Waals surface area contributed by atoms with Crippen LogP contribution in [0.2, 0.25) is 0 Å². The molecule has 0 saturated carbocycles. The summed E-state index contributed by atoms with van der Waals surface area (Å²) < 4.78 is 0. The Hall–Kier alpha value is -1.84. The van der Waals surface area contributed by atoms with Gasteiger partial charge in [-0.1, -0.05) is 24.3 Å². The van der Waals surface area contributed by atoms with Crippen LogP contribution < -0.4 is 10.9 Å². The first-order chi connectivity index (χ1) is 7.98. The number of hydrogen-bond acceptors (Lipinski definition) is 3. The van der Waals surface area contributed by atoms with Crippen LogP contribution in [0.1, 0.15) is 31.9 Å². The van der Waals surface area contributed by atoms with Gasteiger partial charge >= 0.3 is 0 Å². The van der Waals surface area contributed by atoms with Crippen LogP contribution in [0.15, 0.2) is 29.3 Å². The van der Waals surface area contributed by atoms with Crippen molar-refractivity contribution in [2.75, 3.05) is 0 Å². The fourth-order valence-corrected chi connectivity index (χ4v) is 2.02. The summed E-state index contributed by atoms with van der Waals surface area (Å²) in [6.07, 6.45) is 0.911. The summed E-state index contributed by atoms with van der Waals surface area (Å²) in [6.45, 7) is 5.63. The molecule has 2 N–H and O–H groups in total. The lowest BCUT2D eigenvalue weighted by Crippen LogP contribution is -2.44. The lowest BCUT2D eigenvalue weighted by Gasteiger charge is -2.29. The molecule has 90 valence electrons. The first-order valence-corrected chi connectivity index (χ1v) is 5.69. The van der Waals surface area contributed by atoms with Crippen molar-refractivity contribution in [1.82, 2.24) is 10.9 Å². The molecular formula is C13H17N3O. The van der Waals surface area contributed by atoms with Crippen molar-refractivity contribution < 1.29 is 4.79 Å². The maximum atomic E-state index is 10.9. The first-order valence-electron chi connectivity index (χ1n) is 5.69. The van der Waals surface area contributed by atoms with Gasteiger partial charge in [-0.15, -0.1) is 0 Å². The largest absolute Gasteiger partial charge is 0.282 e. The molecule has 1 amide bonds. The van der Waals surface area contributed by atoms with Crippen molar-refractivity contribution in [3.8, 4) is 0 Å². The lowest BCUT2D eigenvalue weighted by molar-refractivity contribution is -0.119. The van der Waals surface area contributed by atoms with Crippen molar-refractivity contribution in [3.05, 3.63) is 35.4 Å². The van der Waals surface area contributed by atoms with Crippen molar-refractivity contribution >= 4 is 11.7 Å². The Balaban J connectivity index is 2.33. The second kappa shape index (κ2) is 4.20. The van der Waals surface area contributed by atoms with Gasteiger partial charge < -0.3 is 0 Å². The van der Waals surface area contributed by atoms with Gasteiger partial charge in [-0.05, 0) is 25.8 Å². The molecule has 0 spiro atoms. The van der Waals surface area contributed by atoms with Crippen molar-refractivity contribution in [2.24, 2.45) is 4.99 Å². The molecule has 0 bridgehead atoms. The normalized spacial score (nSPS) is 16.8. The number of nitrogens with one attached hydrogen (secondary N) is 2. The molecule has 0 aliphatic carbocycles. The summed E-state index contributed by atoms with van der Waals surface area (Å²) in [5, 5.41) is 0. The van der Waals surface area contributed by atoms with Gasteiger partial charge in [0.15, 0.2) is 0 Å². The zero-order chi connectivity index (χ0) is 12.5. The molecule has 1 aromatic carbocycles. The molecule has 0 radical (unpaired) electrons. The summed E-state index contributed by atoms with van der Waals surface area (Å²) in [7, 11) is 0. The van der Waals surface area contributed by atoms with Crippen LogP contribution in [0.25, 0.3) is 0 Å². The Bertz CT molecular complexity index is 477. The van der Waals surface area contributed by atoms with Crippen LogP contribution in [0.3, 0.4) is 0 Å². The maximum Gasteiger partial charge on any atom is 0.235 e. The van der Waals surface area contributed by atoms with Gasteiger partial charge in [-0.3, -0.25) is 20.6 Å². The highest BCUT2D eigenvalue weighted by molar-refractivity contribution is 6.01. The Morgan fingerprint density at radius 1 is 1.35 bits per heavy atom. The van der Waals surface area contributed by atoms with E-state index >= 15 is 0 Å². The van der Waals surface area contributed by atoms with Gasteiger partial charge in [0.1, 0.15) is 5.84 Å². The van der Waals surface area contributed by atoms with E-state index in [2.05, 4.69) is 35.8 Å². The molecule has 0 unspecified atom stereocenters. The van der Waals surface area contributed by atoms with E-state index in [4.69, 9.17) is 0 Å². The maximum absolute atomic E-state index is 10.9. The molecule has 4 heteroatoms. The van der Waals surface area contributed by atoms with E-state index in [0.29, 0.717) is 0 Å². The summed E-state index contributed by atoms with van der Waals surface area (Å²) in [5.74, 6) is 0.598. The summed E-state index contributed by atoms with van der Waals surface area (Å²) >= 11 is 0. The number of hydrazine groups is 1. The zero-order valence-corrected chi connectivity index (χ0v) is 10.4. The minimum absolute atomic E-state index is 0.131. The highest BCUT2D eigenvalue weighted by Gasteiger charge is 2.26. The second-order valence-electron chi connectivity index (χ2n) is 4.91. The number of rotatable bonds is 0. The predicted molar refractivity (Wildman–Crippen MR) is 67.7 cm³/mol. The van der Waals surface area contributed by atoms with Gasteiger partial charge in [-0.2, -0.15) is 0 Å². The molecule has 1 aliphatic rings. The Morgan fingerprint density at radius 2 is 2.06 bits per heavy atom. The average Bonchev–Trinajstić information content (AvgIpc) is 2.24. The third kappa shape index (κ3) is 2.64. The van der Waals surface area contributed by atoms with Crippen molar-refractivity contribution in [2.45, 2.75) is 32.7 Å². The monoisotopic (exact) mass is 231 g/mol. The number of carbonyl (C=O) groups excluding carboxylic acids is 1. The van der Waals surface area contributed by atoms with Crippen LogP contribution in [-0.2, 0) is 11.2 Å². The number of amidine groups is 1. The Morgan fingerprint density at radius 3 is 2.76 bits per heavy atom. The van der Waals surface area contributed by atoms with Gasteiger partial charge in [0.2, 0.25) is 5.91 Å². The number of fused-ring (bicyclic) bond motifs is 1. The van der Waals surface area contributed by atoms with Gasteiger partial charge in [0, 0.05) is 12.5 Å². The molecule has 2 rings (SSSR count). The van der Waals surface area contributed by atoms with E-state index < -0.39 is 0 Å². The Labute approximate surface area is 101 Å². The molecule has 1 aliphatic heterocycles. The second-order valence-corrected chi connectivity index (χ2v) is 4.91. The number of benzene rings is 1. The SMILES string of the molecule is CC(=O)NNC1=NC(C)(C)Cc2ccccc21.